The van der Waals surface area contributed by atoms with Crippen LogP contribution < -0.4 is 0 Å². The van der Waals surface area contributed by atoms with Gasteiger partial charge < -0.3 is 0 Å². The largest absolute Gasteiger partial charge is 0.298 e. The maximum absolute atomic E-state index is 5.94. The first kappa shape index (κ1) is 14.4. The van der Waals surface area contributed by atoms with Gasteiger partial charge in [-0.2, -0.15) is 0 Å². The van der Waals surface area contributed by atoms with Gasteiger partial charge in [-0.15, -0.1) is 0 Å². The summed E-state index contributed by atoms with van der Waals surface area (Å²) in [6.07, 6.45) is 7.19. The SMILES string of the molecule is Clc1ccc(CN2CCN(C3CCCCC3)CC2)cc1. The van der Waals surface area contributed by atoms with Crippen molar-refractivity contribution in [3.05, 3.63) is 34.9 Å². The Bertz CT molecular complexity index is 404. The molecule has 1 aliphatic carbocycles. The van der Waals surface area contributed by atoms with E-state index in [4.69, 9.17) is 11.6 Å². The molecule has 1 aromatic rings. The van der Waals surface area contributed by atoms with E-state index in [1.807, 2.05) is 12.1 Å². The van der Waals surface area contributed by atoms with Gasteiger partial charge in [0.1, 0.15) is 0 Å². The van der Waals surface area contributed by atoms with Gasteiger partial charge in [-0.3, -0.25) is 9.80 Å². The molecule has 0 radical (unpaired) electrons. The molecule has 0 amide bonds. The van der Waals surface area contributed by atoms with Crippen molar-refractivity contribution in [3.8, 4) is 0 Å². The van der Waals surface area contributed by atoms with E-state index < -0.39 is 0 Å². The maximum atomic E-state index is 5.94. The van der Waals surface area contributed by atoms with E-state index in [1.54, 1.807) is 0 Å². The summed E-state index contributed by atoms with van der Waals surface area (Å²) < 4.78 is 0. The van der Waals surface area contributed by atoms with Gasteiger partial charge in [-0.05, 0) is 30.5 Å². The maximum Gasteiger partial charge on any atom is 0.0406 e. The number of hydrogen-bond acceptors (Lipinski definition) is 2. The minimum atomic E-state index is 0.830. The van der Waals surface area contributed by atoms with E-state index in [0.29, 0.717) is 0 Å². The number of nitrogens with zero attached hydrogens (tertiary/aromatic N) is 2. The van der Waals surface area contributed by atoms with E-state index in [1.165, 1.54) is 63.8 Å². The lowest BCUT2D eigenvalue weighted by molar-refractivity contribution is 0.0755. The molecule has 20 heavy (non-hydrogen) atoms. The molecular weight excluding hydrogens is 268 g/mol. The number of benzene rings is 1. The summed E-state index contributed by atoms with van der Waals surface area (Å²) in [4.78, 5) is 5.31. The molecule has 3 heteroatoms. The zero-order chi connectivity index (χ0) is 13.8. The van der Waals surface area contributed by atoms with Gasteiger partial charge in [0, 0.05) is 43.8 Å². The fourth-order valence-corrected chi connectivity index (χ4v) is 3.71. The predicted octanol–water partition coefficient (Wildman–Crippen LogP) is 3.79. The van der Waals surface area contributed by atoms with Crippen LogP contribution in [0.5, 0.6) is 0 Å². The van der Waals surface area contributed by atoms with Crippen LogP contribution in [0.15, 0.2) is 24.3 Å². The Hall–Kier alpha value is -0.570. The van der Waals surface area contributed by atoms with Crippen molar-refractivity contribution in [1.82, 2.24) is 9.80 Å². The summed E-state index contributed by atoms with van der Waals surface area (Å²) in [6.45, 7) is 5.98. The number of rotatable bonds is 3. The molecule has 1 saturated heterocycles. The first-order valence-electron chi connectivity index (χ1n) is 8.02. The molecule has 0 atom stereocenters. The van der Waals surface area contributed by atoms with Gasteiger partial charge in [0.25, 0.3) is 0 Å². The number of halogens is 1. The van der Waals surface area contributed by atoms with E-state index in [9.17, 15) is 0 Å². The van der Waals surface area contributed by atoms with Crippen LogP contribution in [0.1, 0.15) is 37.7 Å². The highest BCUT2D eigenvalue weighted by atomic mass is 35.5. The highest BCUT2D eigenvalue weighted by Gasteiger charge is 2.24. The monoisotopic (exact) mass is 292 g/mol. The Morgan fingerprint density at radius 2 is 1.55 bits per heavy atom. The van der Waals surface area contributed by atoms with Gasteiger partial charge in [-0.25, -0.2) is 0 Å². The summed E-state index contributed by atoms with van der Waals surface area (Å²) in [6, 6.07) is 9.16. The predicted molar refractivity (Wildman–Crippen MR) is 85.2 cm³/mol. The van der Waals surface area contributed by atoms with E-state index in [-0.39, 0.29) is 0 Å². The van der Waals surface area contributed by atoms with Crippen LogP contribution in [0.3, 0.4) is 0 Å². The Balaban J connectivity index is 1.47. The molecule has 2 aliphatic rings. The molecule has 1 aromatic carbocycles. The molecule has 2 fully saturated rings. The van der Waals surface area contributed by atoms with Gasteiger partial charge in [0.15, 0.2) is 0 Å². The summed E-state index contributed by atoms with van der Waals surface area (Å²) in [5.74, 6) is 0. The van der Waals surface area contributed by atoms with Crippen molar-refractivity contribution in [1.29, 1.82) is 0 Å². The Kier molecular flexibility index (Phi) is 4.98. The van der Waals surface area contributed by atoms with E-state index in [2.05, 4.69) is 21.9 Å². The third kappa shape index (κ3) is 3.75. The van der Waals surface area contributed by atoms with E-state index in [0.717, 1.165) is 17.6 Å². The molecule has 1 saturated carbocycles. The van der Waals surface area contributed by atoms with Crippen LogP contribution in [-0.2, 0) is 6.54 Å². The second-order valence-corrected chi connectivity index (χ2v) is 6.67. The van der Waals surface area contributed by atoms with Crippen LogP contribution in [0.4, 0.5) is 0 Å². The van der Waals surface area contributed by atoms with Crippen LogP contribution in [0.25, 0.3) is 0 Å². The van der Waals surface area contributed by atoms with Crippen molar-refractivity contribution in [3.63, 3.8) is 0 Å². The first-order valence-corrected chi connectivity index (χ1v) is 8.40. The zero-order valence-corrected chi connectivity index (χ0v) is 13.0. The van der Waals surface area contributed by atoms with Crippen LogP contribution >= 0.6 is 11.6 Å². The van der Waals surface area contributed by atoms with Crippen molar-refractivity contribution < 1.29 is 0 Å². The molecule has 3 rings (SSSR count). The first-order chi connectivity index (χ1) is 9.81. The third-order valence-electron chi connectivity index (χ3n) is 4.82. The molecular formula is C17H25ClN2. The molecule has 1 heterocycles. The minimum absolute atomic E-state index is 0.830. The summed E-state index contributed by atoms with van der Waals surface area (Å²) >= 11 is 5.94. The average molecular weight is 293 g/mol. The Morgan fingerprint density at radius 3 is 2.20 bits per heavy atom. The lowest BCUT2D eigenvalue weighted by Gasteiger charge is -2.40. The number of piperazine rings is 1. The number of hydrogen-bond donors (Lipinski definition) is 0. The summed E-state index contributed by atoms with van der Waals surface area (Å²) in [7, 11) is 0. The van der Waals surface area contributed by atoms with Crippen molar-refractivity contribution in [2.45, 2.75) is 44.7 Å². The molecule has 0 aromatic heterocycles. The Morgan fingerprint density at radius 1 is 0.900 bits per heavy atom. The summed E-state index contributed by atoms with van der Waals surface area (Å²) in [5, 5.41) is 0.830. The van der Waals surface area contributed by atoms with Crippen molar-refractivity contribution in [2.75, 3.05) is 26.2 Å². The molecule has 0 spiro atoms. The normalized spacial score (nSPS) is 23.1. The second-order valence-electron chi connectivity index (χ2n) is 6.23. The second kappa shape index (κ2) is 6.93. The highest BCUT2D eigenvalue weighted by molar-refractivity contribution is 6.30. The average Bonchev–Trinajstić information content (AvgIpc) is 2.51. The molecule has 0 bridgehead atoms. The molecule has 2 nitrogen and oxygen atoms in total. The third-order valence-corrected chi connectivity index (χ3v) is 5.07. The molecule has 1 aliphatic heterocycles. The topological polar surface area (TPSA) is 6.48 Å². The summed E-state index contributed by atoms with van der Waals surface area (Å²) in [5.41, 5.74) is 1.38. The minimum Gasteiger partial charge on any atom is -0.298 e. The molecule has 0 unspecified atom stereocenters. The van der Waals surface area contributed by atoms with Crippen molar-refractivity contribution >= 4 is 11.6 Å². The standard InChI is InChI=1S/C17H25ClN2/c18-16-8-6-15(7-9-16)14-19-10-12-20(13-11-19)17-4-2-1-3-5-17/h6-9,17H,1-5,10-14H2. The highest BCUT2D eigenvalue weighted by Crippen LogP contribution is 2.23. The van der Waals surface area contributed by atoms with Gasteiger partial charge in [-0.1, -0.05) is 43.0 Å². The molecule has 110 valence electrons. The lowest BCUT2D eigenvalue weighted by atomic mass is 9.94. The smallest absolute Gasteiger partial charge is 0.0406 e. The quantitative estimate of drug-likeness (QED) is 0.836. The fraction of sp³-hybridized carbons (Fsp3) is 0.647. The van der Waals surface area contributed by atoms with Gasteiger partial charge >= 0.3 is 0 Å². The van der Waals surface area contributed by atoms with E-state index >= 15 is 0 Å². The zero-order valence-electron chi connectivity index (χ0n) is 12.2. The van der Waals surface area contributed by atoms with Gasteiger partial charge in [0.05, 0.1) is 0 Å². The van der Waals surface area contributed by atoms with Crippen LogP contribution in [-0.4, -0.2) is 42.0 Å². The Labute approximate surface area is 127 Å². The van der Waals surface area contributed by atoms with Crippen molar-refractivity contribution in [2.24, 2.45) is 0 Å². The van der Waals surface area contributed by atoms with Gasteiger partial charge in [0.2, 0.25) is 0 Å². The molecule has 0 N–H and O–H groups in total. The van der Waals surface area contributed by atoms with Crippen LogP contribution in [0.2, 0.25) is 5.02 Å². The fourth-order valence-electron chi connectivity index (χ4n) is 3.58. The van der Waals surface area contributed by atoms with Crippen LogP contribution in [0, 0.1) is 0 Å². The lowest BCUT2D eigenvalue weighted by Crippen LogP contribution is -2.50.